The lowest BCUT2D eigenvalue weighted by Crippen LogP contribution is -2.63. The van der Waals surface area contributed by atoms with Crippen LogP contribution in [0.25, 0.3) is 0 Å². The predicted molar refractivity (Wildman–Crippen MR) is 129 cm³/mol. The molecule has 2 aromatic rings. The Morgan fingerprint density at radius 1 is 1.06 bits per heavy atom. The first kappa shape index (κ1) is 22.3. The van der Waals surface area contributed by atoms with Crippen molar-refractivity contribution in [1.82, 2.24) is 9.88 Å². The summed E-state index contributed by atoms with van der Waals surface area (Å²) in [5.74, 6) is 1.90. The summed E-state index contributed by atoms with van der Waals surface area (Å²) in [5.41, 5.74) is 2.97. The van der Waals surface area contributed by atoms with Crippen molar-refractivity contribution in [2.24, 2.45) is 17.3 Å². The fraction of sp³-hybridized carbons (Fsp3) is 0.593. The van der Waals surface area contributed by atoms with Crippen LogP contribution in [0.3, 0.4) is 0 Å². The first-order chi connectivity index (χ1) is 14.6. The molecule has 4 heteroatoms. The van der Waals surface area contributed by atoms with Crippen molar-refractivity contribution in [1.29, 1.82) is 0 Å². The summed E-state index contributed by atoms with van der Waals surface area (Å²) in [6.07, 6.45) is 5.06. The molecule has 1 aromatic heterocycles. The third kappa shape index (κ3) is 3.89. The second-order valence-electron chi connectivity index (χ2n) is 10.9. The summed E-state index contributed by atoms with van der Waals surface area (Å²) in [4.78, 5) is 9.33. The van der Waals surface area contributed by atoms with Crippen molar-refractivity contribution in [3.63, 3.8) is 0 Å². The third-order valence-corrected chi connectivity index (χ3v) is 7.78. The molecule has 2 aliphatic rings. The number of hydrogen-bond donors (Lipinski definition) is 1. The molecule has 2 aliphatic heterocycles. The fourth-order valence-electron chi connectivity index (χ4n) is 5.71. The molecular formula is C27H39N3O. The highest BCUT2D eigenvalue weighted by molar-refractivity contribution is 5.51. The third-order valence-electron chi connectivity index (χ3n) is 7.78. The van der Waals surface area contributed by atoms with Gasteiger partial charge in [0.25, 0.3) is 0 Å². The van der Waals surface area contributed by atoms with Gasteiger partial charge in [0.15, 0.2) is 0 Å². The Balaban J connectivity index is 1.73. The van der Waals surface area contributed by atoms with Gasteiger partial charge in [-0.3, -0.25) is 4.98 Å². The molecule has 0 saturated carbocycles. The van der Waals surface area contributed by atoms with Crippen LogP contribution in [0, 0.1) is 17.3 Å². The SMILES string of the molecule is CC(C)c1ccc(C(O)(c2cncc(N3CC[C@H](C(C)C)C3)c2)C2(C)CN(C)C2)cc1. The van der Waals surface area contributed by atoms with Gasteiger partial charge in [0.05, 0.1) is 11.9 Å². The standard InChI is InChI=1S/C27H39N3O/c1-19(2)21-7-9-23(10-8-21)27(31,26(5)17-29(6)18-26)24-13-25(15-28-14-24)30-12-11-22(16-30)20(3)4/h7-10,13-15,19-20,22,31H,11-12,16-18H2,1-6H3/t22-,27?/m0/s1. The normalized spacial score (nSPS) is 23.3. The molecule has 2 fully saturated rings. The van der Waals surface area contributed by atoms with E-state index in [0.29, 0.717) is 11.8 Å². The zero-order valence-corrected chi connectivity index (χ0v) is 20.1. The maximum atomic E-state index is 12.4. The summed E-state index contributed by atoms with van der Waals surface area (Å²) in [7, 11) is 2.12. The molecule has 1 N–H and O–H groups in total. The lowest BCUT2D eigenvalue weighted by molar-refractivity contribution is -0.127. The molecule has 0 amide bonds. The lowest BCUT2D eigenvalue weighted by atomic mass is 9.62. The monoisotopic (exact) mass is 421 g/mol. The van der Waals surface area contributed by atoms with E-state index in [1.807, 2.05) is 12.4 Å². The lowest BCUT2D eigenvalue weighted by Gasteiger charge is -2.56. The Labute approximate surface area is 188 Å². The van der Waals surface area contributed by atoms with E-state index in [9.17, 15) is 5.11 Å². The molecule has 4 rings (SSSR count). The van der Waals surface area contributed by atoms with Crippen molar-refractivity contribution in [2.75, 3.05) is 38.1 Å². The minimum absolute atomic E-state index is 0.257. The molecule has 31 heavy (non-hydrogen) atoms. The van der Waals surface area contributed by atoms with E-state index in [4.69, 9.17) is 0 Å². The first-order valence-corrected chi connectivity index (χ1v) is 11.9. The van der Waals surface area contributed by atoms with Gasteiger partial charge in [-0.25, -0.2) is 0 Å². The van der Waals surface area contributed by atoms with Crippen molar-refractivity contribution in [3.8, 4) is 0 Å². The van der Waals surface area contributed by atoms with Gasteiger partial charge in [-0.2, -0.15) is 0 Å². The minimum atomic E-state index is -1.07. The molecule has 1 aromatic carbocycles. The number of hydrogen-bond acceptors (Lipinski definition) is 4. The van der Waals surface area contributed by atoms with Gasteiger partial charge in [-0.1, -0.05) is 58.9 Å². The number of pyridine rings is 1. The van der Waals surface area contributed by atoms with E-state index in [0.717, 1.165) is 48.9 Å². The summed E-state index contributed by atoms with van der Waals surface area (Å²) in [5, 5.41) is 12.4. The number of benzene rings is 1. The van der Waals surface area contributed by atoms with Gasteiger partial charge in [0.2, 0.25) is 0 Å². The highest BCUT2D eigenvalue weighted by Gasteiger charge is 2.55. The summed E-state index contributed by atoms with van der Waals surface area (Å²) >= 11 is 0. The van der Waals surface area contributed by atoms with Crippen LogP contribution in [0.15, 0.2) is 42.7 Å². The maximum absolute atomic E-state index is 12.4. The summed E-state index contributed by atoms with van der Waals surface area (Å²) < 4.78 is 0. The van der Waals surface area contributed by atoms with Crippen molar-refractivity contribution in [2.45, 2.75) is 52.6 Å². The molecule has 0 spiro atoms. The van der Waals surface area contributed by atoms with Gasteiger partial charge in [0.1, 0.15) is 5.60 Å². The summed E-state index contributed by atoms with van der Waals surface area (Å²) in [6.45, 7) is 15.1. The molecule has 0 bridgehead atoms. The molecule has 1 unspecified atom stereocenters. The van der Waals surface area contributed by atoms with Crippen LogP contribution in [0.5, 0.6) is 0 Å². The van der Waals surface area contributed by atoms with Crippen LogP contribution in [0.2, 0.25) is 0 Å². The number of likely N-dealkylation sites (tertiary alicyclic amines) is 1. The fourth-order valence-corrected chi connectivity index (χ4v) is 5.71. The van der Waals surface area contributed by atoms with Gasteiger partial charge in [-0.05, 0) is 48.4 Å². The number of anilines is 1. The van der Waals surface area contributed by atoms with Crippen molar-refractivity contribution < 1.29 is 5.11 Å². The van der Waals surface area contributed by atoms with Gasteiger partial charge < -0.3 is 14.9 Å². The Hall–Kier alpha value is -1.91. The molecule has 2 atom stereocenters. The van der Waals surface area contributed by atoms with E-state index in [1.54, 1.807) is 0 Å². The molecule has 3 heterocycles. The Bertz CT molecular complexity index is 901. The largest absolute Gasteiger partial charge is 0.380 e. The second-order valence-corrected chi connectivity index (χ2v) is 10.9. The molecule has 0 aliphatic carbocycles. The van der Waals surface area contributed by atoms with E-state index < -0.39 is 5.60 Å². The van der Waals surface area contributed by atoms with Crippen molar-refractivity contribution >= 4 is 5.69 Å². The Morgan fingerprint density at radius 2 is 1.74 bits per heavy atom. The van der Waals surface area contributed by atoms with Crippen molar-refractivity contribution in [3.05, 3.63) is 59.4 Å². The van der Waals surface area contributed by atoms with Crippen LogP contribution >= 0.6 is 0 Å². The van der Waals surface area contributed by atoms with Crippen LogP contribution in [0.1, 0.15) is 63.6 Å². The smallest absolute Gasteiger partial charge is 0.124 e. The van der Waals surface area contributed by atoms with Gasteiger partial charge in [0, 0.05) is 43.4 Å². The van der Waals surface area contributed by atoms with Crippen LogP contribution < -0.4 is 4.90 Å². The highest BCUT2D eigenvalue weighted by Crippen LogP contribution is 2.50. The molecule has 4 nitrogen and oxygen atoms in total. The molecular weight excluding hydrogens is 382 g/mol. The quantitative estimate of drug-likeness (QED) is 0.722. The molecule has 2 saturated heterocycles. The summed E-state index contributed by atoms with van der Waals surface area (Å²) in [6, 6.07) is 10.8. The topological polar surface area (TPSA) is 39.6 Å². The minimum Gasteiger partial charge on any atom is -0.380 e. The maximum Gasteiger partial charge on any atom is 0.124 e. The Morgan fingerprint density at radius 3 is 2.29 bits per heavy atom. The molecule has 0 radical (unpaired) electrons. The molecule has 168 valence electrons. The Kier molecular flexibility index (Phi) is 5.91. The van der Waals surface area contributed by atoms with Crippen LogP contribution in [-0.2, 0) is 5.60 Å². The van der Waals surface area contributed by atoms with E-state index >= 15 is 0 Å². The number of rotatable bonds is 6. The predicted octanol–water partition coefficient (Wildman–Crippen LogP) is 4.87. The number of aromatic nitrogens is 1. The average Bonchev–Trinajstić information content (AvgIpc) is 3.23. The zero-order valence-electron chi connectivity index (χ0n) is 20.1. The first-order valence-electron chi connectivity index (χ1n) is 11.9. The average molecular weight is 422 g/mol. The number of nitrogens with zero attached hydrogens (tertiary/aromatic N) is 3. The highest BCUT2D eigenvalue weighted by atomic mass is 16.3. The van der Waals surface area contributed by atoms with E-state index in [1.165, 1.54) is 12.0 Å². The van der Waals surface area contributed by atoms with Crippen LogP contribution in [0.4, 0.5) is 5.69 Å². The second kappa shape index (κ2) is 8.22. The van der Waals surface area contributed by atoms with Gasteiger partial charge in [-0.15, -0.1) is 0 Å². The number of aliphatic hydroxyl groups is 1. The van der Waals surface area contributed by atoms with E-state index in [-0.39, 0.29) is 5.41 Å². The van der Waals surface area contributed by atoms with E-state index in [2.05, 4.69) is 86.8 Å². The zero-order chi connectivity index (χ0) is 22.4. The van der Waals surface area contributed by atoms with Gasteiger partial charge >= 0.3 is 0 Å². The van der Waals surface area contributed by atoms with Crippen LogP contribution in [-0.4, -0.2) is 48.2 Å².